The number of carboxylic acids is 1. The van der Waals surface area contributed by atoms with Crippen molar-refractivity contribution in [1.29, 1.82) is 0 Å². The highest BCUT2D eigenvalue weighted by molar-refractivity contribution is 7.89. The highest BCUT2D eigenvalue weighted by atomic mass is 32.2. The number of aromatic carboxylic acids is 1. The van der Waals surface area contributed by atoms with E-state index < -0.39 is 16.0 Å². The van der Waals surface area contributed by atoms with Crippen molar-refractivity contribution in [2.24, 2.45) is 0 Å². The lowest BCUT2D eigenvalue weighted by Gasteiger charge is -2.17. The quantitative estimate of drug-likeness (QED) is 0.886. The van der Waals surface area contributed by atoms with E-state index >= 15 is 0 Å². The first-order valence-corrected chi connectivity index (χ1v) is 10.6. The minimum atomic E-state index is -3.59. The number of pyridine rings is 1. The van der Waals surface area contributed by atoms with Crippen LogP contribution in [0.1, 0.15) is 60.5 Å². The highest BCUT2D eigenvalue weighted by Gasteiger charge is 2.28. The molecule has 0 amide bonds. The summed E-state index contributed by atoms with van der Waals surface area (Å²) < 4.78 is 27.1. The van der Waals surface area contributed by atoms with Crippen molar-refractivity contribution >= 4 is 26.9 Å². The van der Waals surface area contributed by atoms with Crippen LogP contribution in [-0.2, 0) is 10.0 Å². The maximum Gasteiger partial charge on any atom is 0.336 e. The third kappa shape index (κ3) is 2.99. The number of sulfonamides is 1. The predicted octanol–water partition coefficient (Wildman–Crippen LogP) is 3.38. The third-order valence-corrected chi connectivity index (χ3v) is 7.40. The van der Waals surface area contributed by atoms with Crippen LogP contribution in [0.15, 0.2) is 29.2 Å². The van der Waals surface area contributed by atoms with Gasteiger partial charge in [0.15, 0.2) is 0 Å². The van der Waals surface area contributed by atoms with Crippen LogP contribution >= 0.6 is 0 Å². The number of nitrogens with zero attached hydrogens (tertiary/aromatic N) is 2. The Morgan fingerprint density at radius 2 is 1.77 bits per heavy atom. The van der Waals surface area contributed by atoms with Crippen molar-refractivity contribution in [2.45, 2.75) is 49.3 Å². The molecule has 1 aliphatic heterocycles. The normalized spacial score (nSPS) is 19.4. The fourth-order valence-corrected chi connectivity index (χ4v) is 5.61. The number of hydrogen-bond acceptors (Lipinski definition) is 4. The van der Waals surface area contributed by atoms with Crippen LogP contribution in [-0.4, -0.2) is 41.9 Å². The fourth-order valence-electron chi connectivity index (χ4n) is 4.07. The molecule has 138 valence electrons. The summed E-state index contributed by atoms with van der Waals surface area (Å²) in [5.74, 6) is -0.752. The van der Waals surface area contributed by atoms with Crippen molar-refractivity contribution < 1.29 is 18.3 Å². The van der Waals surface area contributed by atoms with Gasteiger partial charge in [-0.05, 0) is 49.9 Å². The number of fused-ring (bicyclic) bond motifs is 1. The van der Waals surface area contributed by atoms with Gasteiger partial charge in [-0.3, -0.25) is 4.98 Å². The van der Waals surface area contributed by atoms with Crippen LogP contribution in [0.3, 0.4) is 0 Å². The second-order valence-corrected chi connectivity index (χ2v) is 9.11. The molecule has 7 heteroatoms. The first-order chi connectivity index (χ1) is 12.5. The molecule has 1 saturated carbocycles. The van der Waals surface area contributed by atoms with Gasteiger partial charge in [0, 0.05) is 30.1 Å². The van der Waals surface area contributed by atoms with Crippen molar-refractivity contribution in [3.8, 4) is 0 Å². The SMILES string of the molecule is O=C(O)c1cc(C2CCCC2)nc2ccc(S(=O)(=O)N3CCCC3)cc12. The molecule has 1 aliphatic carbocycles. The number of aromatic nitrogens is 1. The summed E-state index contributed by atoms with van der Waals surface area (Å²) >= 11 is 0. The standard InChI is InChI=1S/C19H22N2O4S/c22-19(23)16-12-18(13-5-1-2-6-13)20-17-8-7-14(11-15(16)17)26(24,25)21-9-3-4-10-21/h7-8,11-13H,1-6,9-10H2,(H,22,23). The molecule has 1 aromatic heterocycles. The molecule has 0 unspecified atom stereocenters. The van der Waals surface area contributed by atoms with Gasteiger partial charge in [0.05, 0.1) is 16.0 Å². The van der Waals surface area contributed by atoms with Crippen LogP contribution in [0, 0.1) is 0 Å². The summed E-state index contributed by atoms with van der Waals surface area (Å²) in [6.45, 7) is 1.04. The molecule has 0 atom stereocenters. The van der Waals surface area contributed by atoms with E-state index in [2.05, 4.69) is 4.98 Å². The van der Waals surface area contributed by atoms with Gasteiger partial charge in [0.2, 0.25) is 10.0 Å². The zero-order chi connectivity index (χ0) is 18.3. The maximum absolute atomic E-state index is 12.8. The molecule has 26 heavy (non-hydrogen) atoms. The zero-order valence-electron chi connectivity index (χ0n) is 14.5. The molecule has 0 radical (unpaired) electrons. The first-order valence-electron chi connectivity index (χ1n) is 9.15. The zero-order valence-corrected chi connectivity index (χ0v) is 15.3. The molecule has 2 aromatic rings. The smallest absolute Gasteiger partial charge is 0.336 e. The Bertz CT molecular complexity index is 959. The lowest BCUT2D eigenvalue weighted by atomic mass is 9.99. The number of benzene rings is 1. The van der Waals surface area contributed by atoms with E-state index in [0.29, 0.717) is 29.9 Å². The predicted molar refractivity (Wildman–Crippen MR) is 97.9 cm³/mol. The Morgan fingerprint density at radius 3 is 2.42 bits per heavy atom. The average Bonchev–Trinajstić information content (AvgIpc) is 3.33. The van der Waals surface area contributed by atoms with Crippen molar-refractivity contribution in [1.82, 2.24) is 9.29 Å². The minimum Gasteiger partial charge on any atom is -0.478 e. The average molecular weight is 374 g/mol. The van der Waals surface area contributed by atoms with Crippen LogP contribution in [0.25, 0.3) is 10.9 Å². The molecule has 4 rings (SSSR count). The van der Waals surface area contributed by atoms with Gasteiger partial charge >= 0.3 is 5.97 Å². The Kier molecular flexibility index (Phi) is 4.44. The van der Waals surface area contributed by atoms with Crippen LogP contribution in [0.2, 0.25) is 0 Å². The van der Waals surface area contributed by atoms with E-state index in [0.717, 1.165) is 44.2 Å². The largest absolute Gasteiger partial charge is 0.478 e. The lowest BCUT2D eigenvalue weighted by Crippen LogP contribution is -2.27. The van der Waals surface area contributed by atoms with E-state index in [-0.39, 0.29) is 10.5 Å². The van der Waals surface area contributed by atoms with Crippen molar-refractivity contribution in [3.05, 3.63) is 35.5 Å². The summed E-state index contributed by atoms with van der Waals surface area (Å²) in [7, 11) is -3.59. The minimum absolute atomic E-state index is 0.135. The van der Waals surface area contributed by atoms with E-state index in [1.807, 2.05) is 0 Å². The fraction of sp³-hybridized carbons (Fsp3) is 0.474. The summed E-state index contributed by atoms with van der Waals surface area (Å²) in [5.41, 5.74) is 1.49. The molecule has 2 fully saturated rings. The van der Waals surface area contributed by atoms with Crippen LogP contribution < -0.4 is 0 Å². The lowest BCUT2D eigenvalue weighted by molar-refractivity contribution is 0.0698. The third-order valence-electron chi connectivity index (χ3n) is 5.51. The second-order valence-electron chi connectivity index (χ2n) is 7.17. The monoisotopic (exact) mass is 374 g/mol. The Balaban J connectivity index is 1.83. The Morgan fingerprint density at radius 1 is 1.08 bits per heavy atom. The first kappa shape index (κ1) is 17.4. The Hall–Kier alpha value is -1.99. The molecule has 1 aromatic carbocycles. The highest BCUT2D eigenvalue weighted by Crippen LogP contribution is 2.35. The molecule has 2 aliphatic rings. The van der Waals surface area contributed by atoms with Gasteiger partial charge in [-0.15, -0.1) is 0 Å². The van der Waals surface area contributed by atoms with E-state index in [9.17, 15) is 18.3 Å². The van der Waals surface area contributed by atoms with Gasteiger partial charge in [-0.25, -0.2) is 13.2 Å². The molecular formula is C19H22N2O4S. The second kappa shape index (κ2) is 6.63. The number of hydrogen-bond donors (Lipinski definition) is 1. The number of carbonyl (C=O) groups is 1. The molecule has 1 saturated heterocycles. The molecule has 0 bridgehead atoms. The van der Waals surface area contributed by atoms with Gasteiger partial charge in [-0.2, -0.15) is 4.31 Å². The maximum atomic E-state index is 12.8. The van der Waals surface area contributed by atoms with Crippen LogP contribution in [0.5, 0.6) is 0 Å². The summed E-state index contributed by atoms with van der Waals surface area (Å²) in [6.07, 6.45) is 6.05. The molecular weight excluding hydrogens is 352 g/mol. The Labute approximate surface area is 152 Å². The summed E-state index contributed by atoms with van der Waals surface area (Å²) in [4.78, 5) is 16.6. The topological polar surface area (TPSA) is 87.6 Å². The van der Waals surface area contributed by atoms with Crippen molar-refractivity contribution in [3.63, 3.8) is 0 Å². The number of rotatable bonds is 4. The summed E-state index contributed by atoms with van der Waals surface area (Å²) in [6, 6.07) is 6.29. The molecule has 6 nitrogen and oxygen atoms in total. The number of carboxylic acid groups (broad SMARTS) is 1. The molecule has 0 spiro atoms. The molecule has 1 N–H and O–H groups in total. The summed E-state index contributed by atoms with van der Waals surface area (Å²) in [5, 5.41) is 10.1. The van der Waals surface area contributed by atoms with Gasteiger partial charge in [0.25, 0.3) is 0 Å². The van der Waals surface area contributed by atoms with Crippen molar-refractivity contribution in [2.75, 3.05) is 13.1 Å². The van der Waals surface area contributed by atoms with E-state index in [1.54, 1.807) is 18.2 Å². The van der Waals surface area contributed by atoms with Gasteiger partial charge in [-0.1, -0.05) is 12.8 Å². The van der Waals surface area contributed by atoms with Crippen LogP contribution in [0.4, 0.5) is 0 Å². The van der Waals surface area contributed by atoms with E-state index in [1.165, 1.54) is 10.4 Å². The van der Waals surface area contributed by atoms with E-state index in [4.69, 9.17) is 0 Å². The molecule has 2 heterocycles. The van der Waals surface area contributed by atoms with Gasteiger partial charge < -0.3 is 5.11 Å². The van der Waals surface area contributed by atoms with Gasteiger partial charge in [0.1, 0.15) is 0 Å².